The van der Waals surface area contributed by atoms with Crippen molar-refractivity contribution in [3.63, 3.8) is 0 Å². The van der Waals surface area contributed by atoms with Gasteiger partial charge in [0.15, 0.2) is 0 Å². The molecule has 0 saturated heterocycles. The first-order chi connectivity index (χ1) is 7.15. The molecule has 0 radical (unpaired) electrons. The Morgan fingerprint density at radius 2 is 2.20 bits per heavy atom. The molecule has 5 heteroatoms. The normalized spacial score (nSPS) is 13.4. The molecular formula is C10H20N4S. The van der Waals surface area contributed by atoms with Crippen molar-refractivity contribution in [1.82, 2.24) is 20.1 Å². The third kappa shape index (κ3) is 3.83. The predicted molar refractivity (Wildman–Crippen MR) is 65.1 cm³/mol. The minimum Gasteiger partial charge on any atom is -0.309 e. The Bertz CT molecular complexity index is 285. The zero-order valence-electron chi connectivity index (χ0n) is 9.90. The second-order valence-corrected chi connectivity index (χ2v) is 5.17. The van der Waals surface area contributed by atoms with E-state index in [2.05, 4.69) is 42.4 Å². The van der Waals surface area contributed by atoms with E-state index in [0.29, 0.717) is 11.3 Å². The Labute approximate surface area is 95.9 Å². The van der Waals surface area contributed by atoms with Crippen molar-refractivity contribution in [2.75, 3.05) is 12.8 Å². The number of nitrogens with one attached hydrogen (secondary N) is 1. The number of hydrogen-bond acceptors (Lipinski definition) is 4. The molecule has 0 aliphatic rings. The average Bonchev–Trinajstić information content (AvgIpc) is 2.65. The van der Waals surface area contributed by atoms with Crippen LogP contribution in [0.15, 0.2) is 6.33 Å². The standard InChI is InChI=1S/C10H20N4S/c1-8(2)14-10(12-7-13-14)6-11-5-9(3)15-4/h7-9,11H,5-6H2,1-4H3. The summed E-state index contributed by atoms with van der Waals surface area (Å²) in [6.07, 6.45) is 3.75. The molecule has 15 heavy (non-hydrogen) atoms. The third-order valence-corrected chi connectivity index (χ3v) is 3.23. The highest BCUT2D eigenvalue weighted by Crippen LogP contribution is 2.06. The van der Waals surface area contributed by atoms with E-state index in [1.807, 2.05) is 16.4 Å². The third-order valence-electron chi connectivity index (χ3n) is 2.25. The zero-order chi connectivity index (χ0) is 11.3. The summed E-state index contributed by atoms with van der Waals surface area (Å²) in [6.45, 7) is 8.24. The second kappa shape index (κ2) is 6.12. The lowest BCUT2D eigenvalue weighted by Gasteiger charge is -2.12. The molecule has 0 aromatic carbocycles. The van der Waals surface area contributed by atoms with Gasteiger partial charge in [0.25, 0.3) is 0 Å². The molecule has 1 aromatic rings. The van der Waals surface area contributed by atoms with Crippen molar-refractivity contribution < 1.29 is 0 Å². The largest absolute Gasteiger partial charge is 0.309 e. The van der Waals surface area contributed by atoms with Crippen molar-refractivity contribution in [2.24, 2.45) is 0 Å². The number of rotatable bonds is 6. The quantitative estimate of drug-likeness (QED) is 0.805. The molecule has 0 spiro atoms. The van der Waals surface area contributed by atoms with Crippen LogP contribution in [0.5, 0.6) is 0 Å². The molecule has 1 heterocycles. The Hall–Kier alpha value is -0.550. The van der Waals surface area contributed by atoms with Crippen LogP contribution in [0.1, 0.15) is 32.6 Å². The van der Waals surface area contributed by atoms with Gasteiger partial charge in [0.2, 0.25) is 0 Å². The second-order valence-electron chi connectivity index (χ2n) is 3.89. The zero-order valence-corrected chi connectivity index (χ0v) is 10.7. The van der Waals surface area contributed by atoms with Crippen LogP contribution in [0.25, 0.3) is 0 Å². The first kappa shape index (κ1) is 12.5. The molecule has 0 aliphatic heterocycles. The minimum atomic E-state index is 0.377. The molecule has 0 aliphatic carbocycles. The van der Waals surface area contributed by atoms with Crippen molar-refractivity contribution in [1.29, 1.82) is 0 Å². The van der Waals surface area contributed by atoms with Gasteiger partial charge in [-0.3, -0.25) is 0 Å². The Balaban J connectivity index is 2.40. The summed E-state index contributed by atoms with van der Waals surface area (Å²) in [5.41, 5.74) is 0. The van der Waals surface area contributed by atoms with Crippen LogP contribution >= 0.6 is 11.8 Å². The highest BCUT2D eigenvalue weighted by atomic mass is 32.2. The predicted octanol–water partition coefficient (Wildman–Crippen LogP) is 1.70. The molecule has 1 rings (SSSR count). The number of nitrogens with zero attached hydrogens (tertiary/aromatic N) is 3. The van der Waals surface area contributed by atoms with Gasteiger partial charge in [-0.1, -0.05) is 6.92 Å². The molecule has 86 valence electrons. The summed E-state index contributed by atoms with van der Waals surface area (Å²) in [7, 11) is 0. The van der Waals surface area contributed by atoms with E-state index in [1.165, 1.54) is 0 Å². The Morgan fingerprint density at radius 1 is 1.47 bits per heavy atom. The van der Waals surface area contributed by atoms with E-state index < -0.39 is 0 Å². The molecular weight excluding hydrogens is 208 g/mol. The van der Waals surface area contributed by atoms with Gasteiger partial charge in [0.1, 0.15) is 12.2 Å². The number of aromatic nitrogens is 3. The van der Waals surface area contributed by atoms with Gasteiger partial charge in [-0.25, -0.2) is 9.67 Å². The summed E-state index contributed by atoms with van der Waals surface area (Å²) in [4.78, 5) is 4.24. The highest BCUT2D eigenvalue weighted by Gasteiger charge is 2.07. The van der Waals surface area contributed by atoms with E-state index in [4.69, 9.17) is 0 Å². The first-order valence-electron chi connectivity index (χ1n) is 5.27. The van der Waals surface area contributed by atoms with Crippen molar-refractivity contribution in [2.45, 2.75) is 38.6 Å². The molecule has 1 unspecified atom stereocenters. The molecule has 0 saturated carbocycles. The van der Waals surface area contributed by atoms with Gasteiger partial charge >= 0.3 is 0 Å². The molecule has 0 bridgehead atoms. The number of thioether (sulfide) groups is 1. The van der Waals surface area contributed by atoms with Gasteiger partial charge in [0.05, 0.1) is 6.54 Å². The van der Waals surface area contributed by atoms with Gasteiger partial charge in [0, 0.05) is 17.8 Å². The van der Waals surface area contributed by atoms with Gasteiger partial charge in [-0.15, -0.1) is 0 Å². The summed E-state index contributed by atoms with van der Waals surface area (Å²) in [6, 6.07) is 0.377. The molecule has 0 amide bonds. The summed E-state index contributed by atoms with van der Waals surface area (Å²) in [5.74, 6) is 1.01. The summed E-state index contributed by atoms with van der Waals surface area (Å²) >= 11 is 1.87. The molecule has 4 nitrogen and oxygen atoms in total. The van der Waals surface area contributed by atoms with E-state index in [1.54, 1.807) is 6.33 Å². The van der Waals surface area contributed by atoms with Crippen LogP contribution in [0.4, 0.5) is 0 Å². The molecule has 1 N–H and O–H groups in total. The SMILES string of the molecule is CSC(C)CNCc1ncnn1C(C)C. The Kier molecular flexibility index (Phi) is 5.11. The van der Waals surface area contributed by atoms with Gasteiger partial charge < -0.3 is 5.32 Å². The topological polar surface area (TPSA) is 42.7 Å². The smallest absolute Gasteiger partial charge is 0.141 e. The fourth-order valence-corrected chi connectivity index (χ4v) is 1.59. The van der Waals surface area contributed by atoms with E-state index in [9.17, 15) is 0 Å². The van der Waals surface area contributed by atoms with Crippen molar-refractivity contribution >= 4 is 11.8 Å². The number of hydrogen-bond donors (Lipinski definition) is 1. The highest BCUT2D eigenvalue weighted by molar-refractivity contribution is 7.99. The van der Waals surface area contributed by atoms with Crippen molar-refractivity contribution in [3.8, 4) is 0 Å². The molecule has 1 atom stereocenters. The maximum atomic E-state index is 4.24. The molecule has 1 aromatic heterocycles. The summed E-state index contributed by atoms with van der Waals surface area (Å²) < 4.78 is 1.96. The maximum Gasteiger partial charge on any atom is 0.141 e. The first-order valence-corrected chi connectivity index (χ1v) is 6.55. The minimum absolute atomic E-state index is 0.377. The summed E-state index contributed by atoms with van der Waals surface area (Å²) in [5, 5.41) is 8.22. The lowest BCUT2D eigenvalue weighted by atomic mass is 10.4. The van der Waals surface area contributed by atoms with E-state index >= 15 is 0 Å². The molecule has 0 fully saturated rings. The van der Waals surface area contributed by atoms with E-state index in [0.717, 1.165) is 18.9 Å². The van der Waals surface area contributed by atoms with Gasteiger partial charge in [-0.2, -0.15) is 16.9 Å². The monoisotopic (exact) mass is 228 g/mol. The van der Waals surface area contributed by atoms with Crippen LogP contribution < -0.4 is 5.32 Å². The van der Waals surface area contributed by atoms with Gasteiger partial charge in [-0.05, 0) is 20.1 Å². The Morgan fingerprint density at radius 3 is 2.80 bits per heavy atom. The van der Waals surface area contributed by atoms with Crippen LogP contribution in [-0.4, -0.2) is 32.8 Å². The fourth-order valence-electron chi connectivity index (χ4n) is 1.30. The fraction of sp³-hybridized carbons (Fsp3) is 0.800. The van der Waals surface area contributed by atoms with Crippen LogP contribution in [-0.2, 0) is 6.54 Å². The maximum absolute atomic E-state index is 4.24. The lowest BCUT2D eigenvalue weighted by molar-refractivity contribution is 0.490. The van der Waals surface area contributed by atoms with Crippen LogP contribution in [0, 0.1) is 0 Å². The van der Waals surface area contributed by atoms with Crippen LogP contribution in [0.3, 0.4) is 0 Å². The van der Waals surface area contributed by atoms with Crippen molar-refractivity contribution in [3.05, 3.63) is 12.2 Å². The van der Waals surface area contributed by atoms with Crippen LogP contribution in [0.2, 0.25) is 0 Å². The average molecular weight is 228 g/mol. The van der Waals surface area contributed by atoms with E-state index in [-0.39, 0.29) is 0 Å². The lowest BCUT2D eigenvalue weighted by Crippen LogP contribution is -2.24.